The number of ketones is 2. The van der Waals surface area contributed by atoms with Crippen LogP contribution in [0.5, 0.6) is 17.2 Å². The number of aliphatic hydroxyl groups excluding tert-OH is 3. The lowest BCUT2D eigenvalue weighted by Gasteiger charge is -2.53. The Kier molecular flexibility index (Phi) is 8.51. The molecular formula is C29H32N2O13S. The van der Waals surface area contributed by atoms with Gasteiger partial charge in [0.15, 0.2) is 22.9 Å². The van der Waals surface area contributed by atoms with Crippen LogP contribution in [0.4, 0.5) is 0 Å². The van der Waals surface area contributed by atoms with Crippen LogP contribution in [-0.4, -0.2) is 105 Å². The number of likely N-dealkylation sites (N-methyl/N-ethyl adjacent to an activating group) is 1. The molecule has 45 heavy (non-hydrogen) atoms. The monoisotopic (exact) mass is 648 g/mol. The van der Waals surface area contributed by atoms with Gasteiger partial charge in [0, 0.05) is 17.6 Å². The Morgan fingerprint density at radius 2 is 1.67 bits per heavy atom. The second-order valence-corrected chi connectivity index (χ2v) is 12.5. The smallest absolute Gasteiger partial charge is 0.294 e. The summed E-state index contributed by atoms with van der Waals surface area (Å²) in [6.45, 7) is 1.68. The molecule has 6 atom stereocenters. The third-order valence-corrected chi connectivity index (χ3v) is 9.29. The van der Waals surface area contributed by atoms with Gasteiger partial charge < -0.3 is 41.1 Å². The van der Waals surface area contributed by atoms with Crippen molar-refractivity contribution in [2.45, 2.75) is 35.5 Å². The normalized spacial score (nSPS) is 27.7. The predicted octanol–water partition coefficient (Wildman–Crippen LogP) is 0.143. The first-order valence-electron chi connectivity index (χ1n) is 13.3. The second-order valence-electron chi connectivity index (χ2n) is 11.1. The van der Waals surface area contributed by atoms with Crippen molar-refractivity contribution >= 4 is 33.4 Å². The SMILES string of the molecule is COc1ccc(S(=O)(=O)O)cc1O.C[C@H]1c2cccc(O)c2C(O)=C2C(=O)[C@]3(O)C(O)=C(C(N)=O)C(=O)[C@@H](N(C)C)[C@@H]3[C@@H](O)[C@@H]21. The Labute approximate surface area is 256 Å². The van der Waals surface area contributed by atoms with Gasteiger partial charge in [-0.25, -0.2) is 0 Å². The van der Waals surface area contributed by atoms with E-state index in [0.29, 0.717) is 5.56 Å². The molecule has 0 heterocycles. The molecule has 5 rings (SSSR count). The summed E-state index contributed by atoms with van der Waals surface area (Å²) < 4.78 is 34.5. The minimum absolute atomic E-state index is 0.0245. The van der Waals surface area contributed by atoms with Crippen LogP contribution in [0.25, 0.3) is 5.76 Å². The molecule has 0 radical (unpaired) electrons. The summed E-state index contributed by atoms with van der Waals surface area (Å²) in [7, 11) is -0.0105. The third kappa shape index (κ3) is 5.09. The number of fused-ring (bicyclic) bond motifs is 3. The van der Waals surface area contributed by atoms with E-state index in [2.05, 4.69) is 4.74 Å². The average Bonchev–Trinajstić information content (AvgIpc) is 2.94. The highest BCUT2D eigenvalue weighted by Gasteiger charge is 2.68. The molecule has 1 amide bonds. The Morgan fingerprint density at radius 3 is 2.18 bits per heavy atom. The fraction of sp³-hybridized carbons (Fsp3) is 0.345. The standard InChI is InChI=1S/C22H24N2O8.C7H8O5S/c1-7-8-5-4-6-9(25)11(8)16(26)12-10(7)17(27)14-15(24(2)3)18(28)13(21(23)31)20(30)22(14,32)19(12)29;1-12-7-3-2-5(4-6(7)8)13(9,10)11/h4-7,10,14-15,17,25-27,30,32H,1-3H3,(H2,23,31);2-4,8H,1H3,(H,9,10,11)/t7-,10+,14+,15-,17-,22-;/m0./s1. The highest BCUT2D eigenvalue weighted by atomic mass is 32.2. The van der Waals surface area contributed by atoms with E-state index in [0.717, 1.165) is 12.1 Å². The number of phenols is 2. The number of aliphatic hydroxyl groups is 4. The maximum absolute atomic E-state index is 13.7. The minimum atomic E-state index is -4.27. The number of hydrogen-bond acceptors (Lipinski definition) is 13. The number of methoxy groups -OCH3 is 1. The van der Waals surface area contributed by atoms with Gasteiger partial charge in [0.1, 0.15) is 22.8 Å². The van der Waals surface area contributed by atoms with Crippen molar-refractivity contribution in [2.75, 3.05) is 21.2 Å². The number of aromatic hydroxyl groups is 2. The van der Waals surface area contributed by atoms with Crippen LogP contribution < -0.4 is 10.5 Å². The Bertz CT molecular complexity index is 1780. The molecule has 1 fully saturated rings. The largest absolute Gasteiger partial charge is 0.508 e. The predicted molar refractivity (Wildman–Crippen MR) is 155 cm³/mol. The maximum Gasteiger partial charge on any atom is 0.294 e. The second kappa shape index (κ2) is 11.5. The van der Waals surface area contributed by atoms with Crippen LogP contribution in [0.2, 0.25) is 0 Å². The molecule has 0 unspecified atom stereocenters. The van der Waals surface area contributed by atoms with Gasteiger partial charge >= 0.3 is 0 Å². The first kappa shape index (κ1) is 33.4. The first-order chi connectivity index (χ1) is 20.8. The number of carbonyl (C=O) groups excluding carboxylic acids is 3. The van der Waals surface area contributed by atoms with Gasteiger partial charge in [0.25, 0.3) is 16.0 Å². The summed E-state index contributed by atoms with van der Waals surface area (Å²) in [5.74, 6) is -9.06. The summed E-state index contributed by atoms with van der Waals surface area (Å²) in [4.78, 5) is 39.6. The zero-order chi connectivity index (χ0) is 33.9. The van der Waals surface area contributed by atoms with Crippen molar-refractivity contribution in [2.24, 2.45) is 17.6 Å². The Morgan fingerprint density at radius 1 is 1.04 bits per heavy atom. The van der Waals surface area contributed by atoms with Gasteiger partial charge in [-0.2, -0.15) is 8.42 Å². The molecule has 16 heteroatoms. The molecule has 0 saturated heterocycles. The van der Waals surface area contributed by atoms with E-state index in [4.69, 9.17) is 15.4 Å². The first-order valence-corrected chi connectivity index (χ1v) is 14.7. The molecule has 3 aliphatic rings. The average molecular weight is 649 g/mol. The summed E-state index contributed by atoms with van der Waals surface area (Å²) in [6.07, 6.45) is -1.59. The number of amides is 1. The molecule has 3 aliphatic carbocycles. The number of nitrogens with zero attached hydrogens (tertiary/aromatic N) is 1. The van der Waals surface area contributed by atoms with Crippen molar-refractivity contribution in [3.05, 3.63) is 64.4 Å². The Hall–Kier alpha value is -4.48. The molecule has 0 spiro atoms. The molecule has 0 bridgehead atoms. The van der Waals surface area contributed by atoms with Crippen molar-refractivity contribution in [3.63, 3.8) is 0 Å². The molecule has 242 valence electrons. The lowest BCUT2D eigenvalue weighted by Crippen LogP contribution is -2.70. The van der Waals surface area contributed by atoms with E-state index in [1.165, 1.54) is 38.2 Å². The molecule has 15 nitrogen and oxygen atoms in total. The summed E-state index contributed by atoms with van der Waals surface area (Å²) in [5.41, 5.74) is 1.47. The molecule has 2 aromatic rings. The number of carbonyl (C=O) groups is 3. The number of rotatable bonds is 4. The van der Waals surface area contributed by atoms with E-state index in [1.807, 2.05) is 0 Å². The third-order valence-electron chi connectivity index (χ3n) is 8.44. The number of benzene rings is 2. The van der Waals surface area contributed by atoms with E-state index in [-0.39, 0.29) is 27.7 Å². The molecule has 0 aromatic heterocycles. The fourth-order valence-corrected chi connectivity index (χ4v) is 6.91. The van der Waals surface area contributed by atoms with Crippen LogP contribution >= 0.6 is 0 Å². The van der Waals surface area contributed by atoms with Gasteiger partial charge in [-0.1, -0.05) is 19.1 Å². The van der Waals surface area contributed by atoms with Crippen LogP contribution in [0.3, 0.4) is 0 Å². The lowest BCUT2D eigenvalue weighted by molar-refractivity contribution is -0.169. The van der Waals surface area contributed by atoms with E-state index in [1.54, 1.807) is 19.1 Å². The molecular weight excluding hydrogens is 616 g/mol. The summed E-state index contributed by atoms with van der Waals surface area (Å²) >= 11 is 0. The molecule has 2 aromatic carbocycles. The van der Waals surface area contributed by atoms with Gasteiger partial charge in [-0.3, -0.25) is 23.8 Å². The molecule has 9 N–H and O–H groups in total. The van der Waals surface area contributed by atoms with Gasteiger partial charge in [0.05, 0.1) is 35.6 Å². The number of primary amides is 1. The number of nitrogens with two attached hydrogens (primary N) is 1. The molecule has 1 saturated carbocycles. The summed E-state index contributed by atoms with van der Waals surface area (Å²) in [6, 6.07) is 6.42. The van der Waals surface area contributed by atoms with Crippen LogP contribution in [0, 0.1) is 11.8 Å². The van der Waals surface area contributed by atoms with Gasteiger partial charge in [-0.15, -0.1) is 0 Å². The van der Waals surface area contributed by atoms with E-state index < -0.39 is 85.8 Å². The number of phenolic OH excluding ortho intramolecular Hbond substituents is 2. The van der Waals surface area contributed by atoms with Crippen molar-refractivity contribution in [1.29, 1.82) is 0 Å². The topological polar surface area (TPSA) is 265 Å². The lowest BCUT2D eigenvalue weighted by atomic mass is 9.54. The van der Waals surface area contributed by atoms with Crippen molar-refractivity contribution < 1.29 is 62.7 Å². The van der Waals surface area contributed by atoms with Crippen LogP contribution in [0.15, 0.2) is 58.2 Å². The Balaban J connectivity index is 0.000000297. The highest BCUT2D eigenvalue weighted by molar-refractivity contribution is 7.85. The number of hydrogen-bond donors (Lipinski definition) is 8. The van der Waals surface area contributed by atoms with Crippen molar-refractivity contribution in [3.8, 4) is 17.2 Å². The van der Waals surface area contributed by atoms with E-state index >= 15 is 0 Å². The maximum atomic E-state index is 13.7. The van der Waals surface area contributed by atoms with E-state index in [9.17, 15) is 48.3 Å². The zero-order valence-corrected chi connectivity index (χ0v) is 25.2. The zero-order valence-electron chi connectivity index (χ0n) is 24.4. The minimum Gasteiger partial charge on any atom is -0.508 e. The number of Topliss-reactive ketones (excluding diaryl/α,β-unsaturated/α-hetero) is 2. The fourth-order valence-electron chi connectivity index (χ4n) is 6.41. The number of ether oxygens (including phenoxy) is 1. The van der Waals surface area contributed by atoms with Crippen LogP contribution in [0.1, 0.15) is 24.0 Å². The van der Waals surface area contributed by atoms with Gasteiger partial charge in [0.2, 0.25) is 5.78 Å². The van der Waals surface area contributed by atoms with Crippen molar-refractivity contribution in [1.82, 2.24) is 4.90 Å². The van der Waals surface area contributed by atoms with Crippen LogP contribution in [-0.2, 0) is 24.5 Å². The van der Waals surface area contributed by atoms with Gasteiger partial charge in [-0.05, 0) is 43.8 Å². The molecule has 0 aliphatic heterocycles. The summed E-state index contributed by atoms with van der Waals surface area (Å²) in [5, 5.41) is 64.0. The highest BCUT2D eigenvalue weighted by Crippen LogP contribution is 2.55. The quantitative estimate of drug-likeness (QED) is 0.162.